The number of benzene rings is 1. The highest BCUT2D eigenvalue weighted by Gasteiger charge is 2.22. The molecule has 1 unspecified atom stereocenters. The van der Waals surface area contributed by atoms with Crippen molar-refractivity contribution in [3.8, 4) is 0 Å². The molecule has 1 rings (SSSR count). The van der Waals surface area contributed by atoms with Crippen LogP contribution in [0.15, 0.2) is 24.3 Å². The predicted molar refractivity (Wildman–Crippen MR) is 86.4 cm³/mol. The SMILES string of the molecule is CC(C)(C)OC(=O)CN(c1ccc(CCC(=O)O)cc1)S(=O)O. The molecule has 1 aromatic carbocycles. The van der Waals surface area contributed by atoms with Gasteiger partial charge in [0, 0.05) is 6.42 Å². The van der Waals surface area contributed by atoms with Gasteiger partial charge in [0.15, 0.2) is 0 Å². The van der Waals surface area contributed by atoms with Crippen molar-refractivity contribution < 1.29 is 28.2 Å². The fourth-order valence-electron chi connectivity index (χ4n) is 1.81. The quantitative estimate of drug-likeness (QED) is 0.579. The van der Waals surface area contributed by atoms with Gasteiger partial charge in [0.25, 0.3) is 11.3 Å². The maximum Gasteiger partial charge on any atom is 0.327 e. The van der Waals surface area contributed by atoms with Gasteiger partial charge in [0.1, 0.15) is 12.1 Å². The van der Waals surface area contributed by atoms with E-state index in [0.29, 0.717) is 12.1 Å². The number of carboxylic acid groups (broad SMARTS) is 1. The molecule has 0 aliphatic heterocycles. The average molecular weight is 343 g/mol. The Hall–Kier alpha value is -1.93. The zero-order valence-electron chi connectivity index (χ0n) is 13.3. The van der Waals surface area contributed by atoms with Crippen molar-refractivity contribution in [1.29, 1.82) is 0 Å². The summed E-state index contributed by atoms with van der Waals surface area (Å²) >= 11 is -2.38. The highest BCUT2D eigenvalue weighted by Crippen LogP contribution is 2.18. The van der Waals surface area contributed by atoms with E-state index in [1.807, 2.05) is 0 Å². The predicted octanol–water partition coefficient (Wildman–Crippen LogP) is 1.99. The van der Waals surface area contributed by atoms with Crippen LogP contribution in [-0.2, 0) is 32.0 Å². The van der Waals surface area contributed by atoms with Crippen LogP contribution >= 0.6 is 0 Å². The third-order valence-corrected chi connectivity index (χ3v) is 3.45. The van der Waals surface area contributed by atoms with Crippen LogP contribution in [0.4, 0.5) is 5.69 Å². The molecule has 0 aliphatic rings. The maximum absolute atomic E-state index is 11.8. The zero-order valence-corrected chi connectivity index (χ0v) is 14.1. The number of esters is 1. The van der Waals surface area contributed by atoms with E-state index in [9.17, 15) is 18.4 Å². The number of hydrogen-bond donors (Lipinski definition) is 2. The summed E-state index contributed by atoms with van der Waals surface area (Å²) in [6, 6.07) is 6.45. The van der Waals surface area contributed by atoms with Gasteiger partial charge in [0.05, 0.1) is 5.69 Å². The van der Waals surface area contributed by atoms with Gasteiger partial charge >= 0.3 is 11.9 Å². The number of carbonyl (C=O) groups excluding carboxylic acids is 1. The third-order valence-electron chi connectivity index (χ3n) is 2.73. The van der Waals surface area contributed by atoms with Crippen LogP contribution in [-0.4, -0.2) is 38.0 Å². The van der Waals surface area contributed by atoms with E-state index in [0.717, 1.165) is 9.87 Å². The molecule has 0 aromatic heterocycles. The monoisotopic (exact) mass is 343 g/mol. The highest BCUT2D eigenvalue weighted by molar-refractivity contribution is 7.80. The van der Waals surface area contributed by atoms with Crippen LogP contribution in [0.2, 0.25) is 0 Å². The van der Waals surface area contributed by atoms with Crippen molar-refractivity contribution in [3.63, 3.8) is 0 Å². The van der Waals surface area contributed by atoms with Crippen molar-refractivity contribution in [3.05, 3.63) is 29.8 Å². The Morgan fingerprint density at radius 3 is 2.22 bits per heavy atom. The molecule has 0 bridgehead atoms. The summed E-state index contributed by atoms with van der Waals surface area (Å²) in [6.45, 7) is 4.77. The average Bonchev–Trinajstić information content (AvgIpc) is 2.41. The molecule has 7 nitrogen and oxygen atoms in total. The van der Waals surface area contributed by atoms with Crippen molar-refractivity contribution in [2.45, 2.75) is 39.2 Å². The van der Waals surface area contributed by atoms with E-state index in [1.54, 1.807) is 45.0 Å². The summed E-state index contributed by atoms with van der Waals surface area (Å²) in [5.74, 6) is -1.51. The molecule has 0 aliphatic carbocycles. The summed E-state index contributed by atoms with van der Waals surface area (Å²) in [7, 11) is 0. The fourth-order valence-corrected chi connectivity index (χ4v) is 2.33. The van der Waals surface area contributed by atoms with Crippen molar-refractivity contribution in [1.82, 2.24) is 0 Å². The van der Waals surface area contributed by atoms with E-state index < -0.39 is 28.8 Å². The van der Waals surface area contributed by atoms with Crippen LogP contribution in [0.5, 0.6) is 0 Å². The summed E-state index contributed by atoms with van der Waals surface area (Å²) in [6.07, 6.45) is 0.372. The highest BCUT2D eigenvalue weighted by atomic mass is 32.2. The minimum absolute atomic E-state index is 0.00685. The Morgan fingerprint density at radius 1 is 1.22 bits per heavy atom. The number of aryl methyl sites for hydroxylation is 1. The van der Waals surface area contributed by atoms with Gasteiger partial charge in [-0.05, 0) is 44.9 Å². The number of carboxylic acids is 1. The number of anilines is 1. The topological polar surface area (TPSA) is 104 Å². The lowest BCUT2D eigenvalue weighted by Crippen LogP contribution is -2.35. The molecule has 0 saturated carbocycles. The standard InChI is InChI=1S/C15H21NO6S/c1-15(2,3)22-14(19)10-16(23(20)21)12-7-4-11(5-8-12)6-9-13(17)18/h4-5,7-8H,6,9-10H2,1-3H3,(H,17,18)(H,20,21). The normalized spacial score (nSPS) is 12.5. The lowest BCUT2D eigenvalue weighted by Gasteiger charge is -2.23. The largest absolute Gasteiger partial charge is 0.481 e. The Morgan fingerprint density at radius 2 is 1.78 bits per heavy atom. The molecule has 0 saturated heterocycles. The first-order valence-electron chi connectivity index (χ1n) is 6.99. The Bertz CT molecular complexity index is 579. The molecule has 0 heterocycles. The van der Waals surface area contributed by atoms with Gasteiger partial charge in [-0.25, -0.2) is 4.21 Å². The Balaban J connectivity index is 2.79. The molecule has 8 heteroatoms. The van der Waals surface area contributed by atoms with Gasteiger partial charge in [-0.1, -0.05) is 12.1 Å². The van der Waals surface area contributed by atoms with Gasteiger partial charge in [-0.2, -0.15) is 0 Å². The number of rotatable bonds is 7. The van der Waals surface area contributed by atoms with E-state index in [1.165, 1.54) is 0 Å². The van der Waals surface area contributed by atoms with Crippen molar-refractivity contribution >= 4 is 28.9 Å². The minimum Gasteiger partial charge on any atom is -0.481 e. The van der Waals surface area contributed by atoms with Crippen LogP contribution in [0.3, 0.4) is 0 Å². The lowest BCUT2D eigenvalue weighted by atomic mass is 10.1. The molecule has 0 spiro atoms. The van der Waals surface area contributed by atoms with Crippen LogP contribution < -0.4 is 4.31 Å². The van der Waals surface area contributed by atoms with E-state index >= 15 is 0 Å². The number of hydrogen-bond acceptors (Lipinski definition) is 4. The van der Waals surface area contributed by atoms with E-state index in [4.69, 9.17) is 9.84 Å². The molecular weight excluding hydrogens is 322 g/mol. The van der Waals surface area contributed by atoms with Crippen molar-refractivity contribution in [2.24, 2.45) is 0 Å². The van der Waals surface area contributed by atoms with Gasteiger partial charge in [-0.15, -0.1) is 0 Å². The van der Waals surface area contributed by atoms with E-state index in [2.05, 4.69) is 0 Å². The second kappa shape index (κ2) is 8.07. The summed E-state index contributed by atoms with van der Waals surface area (Å²) in [4.78, 5) is 22.4. The summed E-state index contributed by atoms with van der Waals surface area (Å²) in [5.41, 5.74) is 0.480. The summed E-state index contributed by atoms with van der Waals surface area (Å²) in [5, 5.41) is 8.65. The molecule has 0 fully saturated rings. The fraction of sp³-hybridized carbons (Fsp3) is 0.467. The first-order chi connectivity index (χ1) is 10.6. The number of ether oxygens (including phenoxy) is 1. The third kappa shape index (κ3) is 7.25. The summed E-state index contributed by atoms with van der Waals surface area (Å²) < 4.78 is 27.0. The first kappa shape index (κ1) is 19.1. The zero-order chi connectivity index (χ0) is 17.6. The second-order valence-corrected chi connectivity index (χ2v) is 6.82. The van der Waals surface area contributed by atoms with Gasteiger partial charge in [-0.3, -0.25) is 18.4 Å². The van der Waals surface area contributed by atoms with Gasteiger partial charge < -0.3 is 9.84 Å². The Labute approximate surface area is 137 Å². The van der Waals surface area contributed by atoms with Gasteiger partial charge in [0.2, 0.25) is 0 Å². The Kier molecular flexibility index (Phi) is 6.71. The lowest BCUT2D eigenvalue weighted by molar-refractivity contribution is -0.152. The molecule has 128 valence electrons. The van der Waals surface area contributed by atoms with Crippen molar-refractivity contribution in [2.75, 3.05) is 10.8 Å². The smallest absolute Gasteiger partial charge is 0.327 e. The molecule has 2 N–H and O–H groups in total. The molecule has 1 aromatic rings. The first-order valence-corrected chi connectivity index (χ1v) is 8.06. The molecular formula is C15H21NO6S. The molecule has 0 amide bonds. The second-order valence-electron chi connectivity index (χ2n) is 5.91. The van der Waals surface area contributed by atoms with Crippen LogP contribution in [0.1, 0.15) is 32.8 Å². The number of aliphatic carboxylic acids is 1. The number of carbonyl (C=O) groups is 2. The maximum atomic E-state index is 11.8. The molecule has 23 heavy (non-hydrogen) atoms. The molecule has 1 atom stereocenters. The number of nitrogens with zero attached hydrogens (tertiary/aromatic N) is 1. The minimum atomic E-state index is -2.38. The van der Waals surface area contributed by atoms with Crippen LogP contribution in [0.25, 0.3) is 0 Å². The van der Waals surface area contributed by atoms with E-state index in [-0.39, 0.29) is 13.0 Å². The van der Waals surface area contributed by atoms with Crippen LogP contribution in [0, 0.1) is 0 Å². The molecule has 0 radical (unpaired) electrons.